The minimum Gasteiger partial charge on any atom is -0.328 e. The summed E-state index contributed by atoms with van der Waals surface area (Å²) < 4.78 is 1.56. The average molecular weight is 315 g/mol. The van der Waals surface area contributed by atoms with Crippen LogP contribution in [0, 0.1) is 10.1 Å². The fourth-order valence-electron chi connectivity index (χ4n) is 1.93. The normalized spacial score (nSPS) is 15.7. The lowest BCUT2D eigenvalue weighted by molar-refractivity contribution is -0.384. The number of nitrogens with zero attached hydrogens (tertiary/aromatic N) is 3. The monoisotopic (exact) mass is 315 g/mol. The van der Waals surface area contributed by atoms with Crippen molar-refractivity contribution in [3.63, 3.8) is 0 Å². The number of aromatic nitrogens is 2. The molecule has 1 aromatic heterocycles. The maximum Gasteiger partial charge on any atom is 0.273 e. The van der Waals surface area contributed by atoms with Crippen molar-refractivity contribution in [1.82, 2.24) is 20.4 Å². The van der Waals surface area contributed by atoms with Gasteiger partial charge in [-0.2, -0.15) is 5.10 Å². The van der Waals surface area contributed by atoms with Crippen molar-refractivity contribution in [2.75, 3.05) is 0 Å². The molecule has 0 spiro atoms. The summed E-state index contributed by atoms with van der Waals surface area (Å²) in [6, 6.07) is 5.99. The molecular formula is C13H9N5O3S. The number of hydrogen-bond acceptors (Lipinski definition) is 5. The first-order valence-electron chi connectivity index (χ1n) is 6.16. The number of carbonyl (C=O) groups excluding carboxylic acids is 1. The summed E-state index contributed by atoms with van der Waals surface area (Å²) >= 11 is 4.84. The van der Waals surface area contributed by atoms with Gasteiger partial charge in [-0.1, -0.05) is 0 Å². The van der Waals surface area contributed by atoms with E-state index in [2.05, 4.69) is 15.7 Å². The molecule has 0 saturated carbocycles. The summed E-state index contributed by atoms with van der Waals surface area (Å²) in [5, 5.41) is 20.2. The number of thiocarbonyl (C=S) groups is 1. The number of nitro groups is 1. The van der Waals surface area contributed by atoms with Crippen molar-refractivity contribution >= 4 is 35.0 Å². The van der Waals surface area contributed by atoms with Crippen molar-refractivity contribution in [3.8, 4) is 5.69 Å². The highest BCUT2D eigenvalue weighted by Crippen LogP contribution is 2.16. The van der Waals surface area contributed by atoms with Crippen molar-refractivity contribution < 1.29 is 9.72 Å². The molecule has 9 heteroatoms. The highest BCUT2D eigenvalue weighted by Gasteiger charge is 2.20. The van der Waals surface area contributed by atoms with Crippen LogP contribution in [0.4, 0.5) is 5.69 Å². The second-order valence-electron chi connectivity index (χ2n) is 4.46. The quantitative estimate of drug-likeness (QED) is 0.381. The Kier molecular flexibility index (Phi) is 3.39. The lowest BCUT2D eigenvalue weighted by Gasteiger charge is -1.99. The van der Waals surface area contributed by atoms with Crippen LogP contribution in [0.2, 0.25) is 0 Å². The Balaban J connectivity index is 1.85. The number of nitrogens with one attached hydrogen (secondary N) is 2. The molecule has 0 bridgehead atoms. The fourth-order valence-corrected chi connectivity index (χ4v) is 2.13. The summed E-state index contributed by atoms with van der Waals surface area (Å²) in [6.45, 7) is 0. The molecule has 110 valence electrons. The smallest absolute Gasteiger partial charge is 0.273 e. The summed E-state index contributed by atoms with van der Waals surface area (Å²) in [4.78, 5) is 21.7. The van der Waals surface area contributed by atoms with E-state index in [1.165, 1.54) is 12.1 Å². The molecule has 2 N–H and O–H groups in total. The van der Waals surface area contributed by atoms with Crippen LogP contribution in [0.15, 0.2) is 42.4 Å². The molecule has 1 amide bonds. The summed E-state index contributed by atoms with van der Waals surface area (Å²) in [6.07, 6.45) is 4.89. The SMILES string of the molecule is O=C1NC(=S)N/C1=C\c1cnn(-c2ccc([N+](=O)[O-])cc2)c1. The van der Waals surface area contributed by atoms with E-state index < -0.39 is 4.92 Å². The Morgan fingerprint density at radius 1 is 1.27 bits per heavy atom. The van der Waals surface area contributed by atoms with Gasteiger partial charge in [-0.25, -0.2) is 4.68 Å². The van der Waals surface area contributed by atoms with Gasteiger partial charge >= 0.3 is 0 Å². The van der Waals surface area contributed by atoms with Crippen molar-refractivity contribution in [3.05, 3.63) is 58.0 Å². The summed E-state index contributed by atoms with van der Waals surface area (Å²) in [5.74, 6) is -0.298. The van der Waals surface area contributed by atoms with Crippen LogP contribution in [0.3, 0.4) is 0 Å². The zero-order valence-corrected chi connectivity index (χ0v) is 11.8. The third-order valence-electron chi connectivity index (χ3n) is 2.96. The van der Waals surface area contributed by atoms with Gasteiger partial charge in [0.2, 0.25) is 0 Å². The molecule has 1 fully saturated rings. The molecule has 2 heterocycles. The molecule has 8 nitrogen and oxygen atoms in total. The molecule has 0 atom stereocenters. The maximum absolute atomic E-state index is 11.5. The van der Waals surface area contributed by atoms with E-state index in [-0.39, 0.29) is 16.7 Å². The Hall–Kier alpha value is -3.07. The van der Waals surface area contributed by atoms with Gasteiger partial charge in [-0.15, -0.1) is 0 Å². The molecule has 2 aromatic rings. The number of rotatable bonds is 3. The third kappa shape index (κ3) is 2.69. The van der Waals surface area contributed by atoms with E-state index in [1.807, 2.05) is 0 Å². The zero-order chi connectivity index (χ0) is 15.7. The van der Waals surface area contributed by atoms with Crippen molar-refractivity contribution in [1.29, 1.82) is 0 Å². The highest BCUT2D eigenvalue weighted by molar-refractivity contribution is 7.80. The first-order chi connectivity index (χ1) is 10.5. The number of non-ortho nitro benzene ring substituents is 1. The number of nitro benzene ring substituents is 1. The second-order valence-corrected chi connectivity index (χ2v) is 4.87. The number of benzene rings is 1. The van der Waals surface area contributed by atoms with Gasteiger partial charge < -0.3 is 5.32 Å². The van der Waals surface area contributed by atoms with E-state index in [1.54, 1.807) is 35.3 Å². The standard InChI is InChI=1S/C13H9N5O3S/c19-12-11(15-13(22)16-12)5-8-6-14-17(7-8)9-1-3-10(4-2-9)18(20)21/h1-7H,(H2,15,16,19,22)/b11-5-. The largest absolute Gasteiger partial charge is 0.328 e. The fraction of sp³-hybridized carbons (Fsp3) is 0. The first kappa shape index (κ1) is 13.9. The highest BCUT2D eigenvalue weighted by atomic mass is 32.1. The first-order valence-corrected chi connectivity index (χ1v) is 6.57. The molecule has 1 aromatic carbocycles. The molecule has 1 aliphatic rings. The lowest BCUT2D eigenvalue weighted by Crippen LogP contribution is -2.21. The minimum absolute atomic E-state index is 0.0126. The Morgan fingerprint density at radius 3 is 2.59 bits per heavy atom. The van der Waals surface area contributed by atoms with E-state index >= 15 is 0 Å². The van der Waals surface area contributed by atoms with Crippen molar-refractivity contribution in [2.24, 2.45) is 0 Å². The van der Waals surface area contributed by atoms with Crippen LogP contribution in [-0.2, 0) is 4.79 Å². The van der Waals surface area contributed by atoms with Crippen LogP contribution in [0.25, 0.3) is 11.8 Å². The average Bonchev–Trinajstić information content (AvgIpc) is 3.06. The topological polar surface area (TPSA) is 102 Å². The van der Waals surface area contributed by atoms with E-state index in [0.717, 1.165) is 0 Å². The molecule has 22 heavy (non-hydrogen) atoms. The molecule has 3 rings (SSSR count). The van der Waals surface area contributed by atoms with Crippen molar-refractivity contribution in [2.45, 2.75) is 0 Å². The van der Waals surface area contributed by atoms with Gasteiger partial charge in [-0.3, -0.25) is 20.2 Å². The molecule has 0 unspecified atom stereocenters. The predicted octanol–water partition coefficient (Wildman–Crippen LogP) is 1.13. The van der Waals surface area contributed by atoms with Gasteiger partial charge in [0, 0.05) is 23.9 Å². The number of amides is 1. The summed E-state index contributed by atoms with van der Waals surface area (Å²) in [7, 11) is 0. The van der Waals surface area contributed by atoms with Gasteiger partial charge in [0.1, 0.15) is 5.70 Å². The molecular weight excluding hydrogens is 306 g/mol. The third-order valence-corrected chi connectivity index (χ3v) is 3.16. The second kappa shape index (κ2) is 5.37. The zero-order valence-electron chi connectivity index (χ0n) is 11.0. The van der Waals surface area contributed by atoms with Crippen LogP contribution >= 0.6 is 12.2 Å². The van der Waals surface area contributed by atoms with Crippen LogP contribution < -0.4 is 10.6 Å². The molecule has 1 saturated heterocycles. The lowest BCUT2D eigenvalue weighted by atomic mass is 10.2. The van der Waals surface area contributed by atoms with E-state index in [9.17, 15) is 14.9 Å². The summed E-state index contributed by atoms with van der Waals surface area (Å²) in [5.41, 5.74) is 1.72. The Labute approximate surface area is 129 Å². The molecule has 0 aliphatic carbocycles. The number of hydrogen-bond donors (Lipinski definition) is 2. The molecule has 0 radical (unpaired) electrons. The minimum atomic E-state index is -0.462. The Bertz CT molecular complexity index is 809. The Morgan fingerprint density at radius 2 is 2.00 bits per heavy atom. The number of carbonyl (C=O) groups is 1. The van der Waals surface area contributed by atoms with Crippen LogP contribution in [-0.4, -0.2) is 25.7 Å². The van der Waals surface area contributed by atoms with Crippen LogP contribution in [0.1, 0.15) is 5.56 Å². The van der Waals surface area contributed by atoms with Gasteiger partial charge in [0.15, 0.2) is 5.11 Å². The van der Waals surface area contributed by atoms with Gasteiger partial charge in [0.25, 0.3) is 11.6 Å². The molecule has 1 aliphatic heterocycles. The van der Waals surface area contributed by atoms with E-state index in [4.69, 9.17) is 12.2 Å². The van der Waals surface area contributed by atoms with E-state index in [0.29, 0.717) is 16.9 Å². The predicted molar refractivity (Wildman–Crippen MR) is 82.1 cm³/mol. The van der Waals surface area contributed by atoms with Gasteiger partial charge in [0.05, 0.1) is 16.8 Å². The van der Waals surface area contributed by atoms with Crippen LogP contribution in [0.5, 0.6) is 0 Å². The maximum atomic E-state index is 11.5. The van der Waals surface area contributed by atoms with Gasteiger partial charge in [-0.05, 0) is 30.4 Å².